The Kier molecular flexibility index (Phi) is 8.68. The zero-order valence-electron chi connectivity index (χ0n) is 16.1. The van der Waals surface area contributed by atoms with Crippen LogP contribution >= 0.6 is 0 Å². The lowest BCUT2D eigenvalue weighted by atomic mass is 10.0. The summed E-state index contributed by atoms with van der Waals surface area (Å²) >= 11 is 0. The standard InChI is InChI=1S/C20H33FN4O/c1-3-7-17(10-15-26)16-23-20(22-4-2)25-13-11-24(12-14-25)19-9-6-5-8-18(19)21/h5-6,8-9,17,26H,3-4,7,10-16H2,1-2H3,(H,22,23). The molecule has 0 spiro atoms. The van der Waals surface area contributed by atoms with E-state index in [1.807, 2.05) is 12.1 Å². The third-order valence-corrected chi connectivity index (χ3v) is 4.84. The van der Waals surface area contributed by atoms with Gasteiger partial charge in [-0.3, -0.25) is 4.99 Å². The van der Waals surface area contributed by atoms with Gasteiger partial charge in [0.1, 0.15) is 5.82 Å². The monoisotopic (exact) mass is 364 g/mol. The highest BCUT2D eigenvalue weighted by Crippen LogP contribution is 2.20. The van der Waals surface area contributed by atoms with Gasteiger partial charge in [-0.15, -0.1) is 0 Å². The van der Waals surface area contributed by atoms with Gasteiger partial charge in [0.05, 0.1) is 5.69 Å². The molecule has 0 bridgehead atoms. The van der Waals surface area contributed by atoms with Crippen LogP contribution in [-0.2, 0) is 0 Å². The Labute approximate surface area is 156 Å². The van der Waals surface area contributed by atoms with Crippen LogP contribution in [0.4, 0.5) is 10.1 Å². The second kappa shape index (κ2) is 11.0. The first kappa shape index (κ1) is 20.5. The lowest BCUT2D eigenvalue weighted by Crippen LogP contribution is -2.52. The number of rotatable bonds is 8. The number of aliphatic hydroxyl groups excluding tert-OH is 1. The maximum atomic E-state index is 14.0. The number of nitrogens with one attached hydrogen (secondary N) is 1. The fourth-order valence-corrected chi connectivity index (χ4v) is 3.43. The van der Waals surface area contributed by atoms with E-state index in [0.717, 1.165) is 64.5 Å². The molecule has 0 aromatic heterocycles. The summed E-state index contributed by atoms with van der Waals surface area (Å²) in [6.07, 6.45) is 3.00. The smallest absolute Gasteiger partial charge is 0.194 e. The second-order valence-corrected chi connectivity index (χ2v) is 6.79. The first-order valence-corrected chi connectivity index (χ1v) is 9.83. The Balaban J connectivity index is 1.96. The molecule has 6 heteroatoms. The van der Waals surface area contributed by atoms with Gasteiger partial charge in [0.2, 0.25) is 0 Å². The molecule has 1 aliphatic rings. The number of benzene rings is 1. The molecule has 2 N–H and O–H groups in total. The van der Waals surface area contributed by atoms with E-state index in [2.05, 4.69) is 29.0 Å². The molecule has 1 saturated heterocycles. The Hall–Kier alpha value is -1.82. The average Bonchev–Trinajstić information content (AvgIpc) is 2.66. The van der Waals surface area contributed by atoms with Crippen molar-refractivity contribution in [1.29, 1.82) is 0 Å². The van der Waals surface area contributed by atoms with E-state index < -0.39 is 0 Å². The highest BCUT2D eigenvalue weighted by molar-refractivity contribution is 5.80. The van der Waals surface area contributed by atoms with Crippen molar-refractivity contribution < 1.29 is 9.50 Å². The van der Waals surface area contributed by atoms with Crippen LogP contribution in [0.2, 0.25) is 0 Å². The summed E-state index contributed by atoms with van der Waals surface area (Å²) in [6.45, 7) is 9.22. The highest BCUT2D eigenvalue weighted by Gasteiger charge is 2.21. The Morgan fingerprint density at radius 1 is 1.19 bits per heavy atom. The van der Waals surface area contributed by atoms with Crippen molar-refractivity contribution in [2.24, 2.45) is 10.9 Å². The van der Waals surface area contributed by atoms with Crippen molar-refractivity contribution in [1.82, 2.24) is 10.2 Å². The van der Waals surface area contributed by atoms with E-state index in [4.69, 9.17) is 4.99 Å². The maximum absolute atomic E-state index is 14.0. The largest absolute Gasteiger partial charge is 0.396 e. The van der Waals surface area contributed by atoms with Crippen LogP contribution in [0.1, 0.15) is 33.1 Å². The van der Waals surface area contributed by atoms with Crippen molar-refractivity contribution in [3.05, 3.63) is 30.1 Å². The number of aliphatic imine (C=N–C) groups is 1. The average molecular weight is 365 g/mol. The van der Waals surface area contributed by atoms with Crippen LogP contribution < -0.4 is 10.2 Å². The minimum atomic E-state index is -0.159. The molecule has 1 unspecified atom stereocenters. The molecule has 1 aromatic rings. The van der Waals surface area contributed by atoms with Gasteiger partial charge in [0.25, 0.3) is 0 Å². The predicted octanol–water partition coefficient (Wildman–Crippen LogP) is 2.71. The molecule has 5 nitrogen and oxygen atoms in total. The molecule has 0 saturated carbocycles. The minimum Gasteiger partial charge on any atom is -0.396 e. The third-order valence-electron chi connectivity index (χ3n) is 4.84. The molecule has 0 aliphatic carbocycles. The number of aliphatic hydroxyl groups is 1. The van der Waals surface area contributed by atoms with Crippen molar-refractivity contribution >= 4 is 11.6 Å². The molecule has 2 rings (SSSR count). The van der Waals surface area contributed by atoms with Gasteiger partial charge in [-0.1, -0.05) is 25.5 Å². The minimum absolute atomic E-state index is 0.159. The van der Waals surface area contributed by atoms with Crippen molar-refractivity contribution in [3.63, 3.8) is 0 Å². The molecule has 1 fully saturated rings. The molecular weight excluding hydrogens is 331 g/mol. The number of halogens is 1. The van der Waals surface area contributed by atoms with Gasteiger partial charge in [-0.25, -0.2) is 4.39 Å². The van der Waals surface area contributed by atoms with Gasteiger partial charge < -0.3 is 20.2 Å². The third kappa shape index (κ3) is 5.87. The van der Waals surface area contributed by atoms with E-state index in [-0.39, 0.29) is 12.4 Å². The van der Waals surface area contributed by atoms with Crippen molar-refractivity contribution in [3.8, 4) is 0 Å². The number of anilines is 1. The van der Waals surface area contributed by atoms with Crippen LogP contribution in [0.25, 0.3) is 0 Å². The molecule has 0 radical (unpaired) electrons. The molecule has 1 heterocycles. The number of hydrogen-bond acceptors (Lipinski definition) is 3. The number of nitrogens with zero attached hydrogens (tertiary/aromatic N) is 3. The van der Waals surface area contributed by atoms with Gasteiger partial charge in [0.15, 0.2) is 5.96 Å². The van der Waals surface area contributed by atoms with Gasteiger partial charge in [-0.05, 0) is 37.8 Å². The molecular formula is C20H33FN4O. The SMILES string of the molecule is CCCC(CCO)CN=C(NCC)N1CCN(c2ccccc2F)CC1. The van der Waals surface area contributed by atoms with Crippen LogP contribution in [0.15, 0.2) is 29.3 Å². The summed E-state index contributed by atoms with van der Waals surface area (Å²) < 4.78 is 14.0. The first-order valence-electron chi connectivity index (χ1n) is 9.83. The summed E-state index contributed by atoms with van der Waals surface area (Å²) in [5.41, 5.74) is 0.681. The fraction of sp³-hybridized carbons (Fsp3) is 0.650. The predicted molar refractivity (Wildman–Crippen MR) is 106 cm³/mol. The zero-order chi connectivity index (χ0) is 18.8. The zero-order valence-corrected chi connectivity index (χ0v) is 16.1. The quantitative estimate of drug-likeness (QED) is 0.550. The molecule has 0 amide bonds. The summed E-state index contributed by atoms with van der Waals surface area (Å²) in [4.78, 5) is 9.17. The van der Waals surface area contributed by atoms with E-state index in [9.17, 15) is 9.50 Å². The van der Waals surface area contributed by atoms with Gasteiger partial charge >= 0.3 is 0 Å². The number of hydrogen-bond donors (Lipinski definition) is 2. The van der Waals surface area contributed by atoms with E-state index >= 15 is 0 Å². The summed E-state index contributed by atoms with van der Waals surface area (Å²) in [7, 11) is 0. The van der Waals surface area contributed by atoms with Crippen molar-refractivity contribution in [2.75, 3.05) is 50.8 Å². The second-order valence-electron chi connectivity index (χ2n) is 6.79. The maximum Gasteiger partial charge on any atom is 0.194 e. The Morgan fingerprint density at radius 2 is 1.92 bits per heavy atom. The van der Waals surface area contributed by atoms with Crippen LogP contribution in [-0.4, -0.2) is 61.8 Å². The Bertz CT molecular complexity index is 552. The van der Waals surface area contributed by atoms with E-state index in [1.54, 1.807) is 6.07 Å². The fourth-order valence-electron chi connectivity index (χ4n) is 3.43. The number of para-hydroxylation sites is 1. The molecule has 26 heavy (non-hydrogen) atoms. The van der Waals surface area contributed by atoms with Crippen molar-refractivity contribution in [2.45, 2.75) is 33.1 Å². The molecule has 1 aliphatic heterocycles. The molecule has 1 atom stereocenters. The Morgan fingerprint density at radius 3 is 2.54 bits per heavy atom. The first-order chi connectivity index (χ1) is 12.7. The summed E-state index contributed by atoms with van der Waals surface area (Å²) in [5, 5.41) is 12.6. The molecule has 146 valence electrons. The summed E-state index contributed by atoms with van der Waals surface area (Å²) in [5.74, 6) is 1.20. The summed E-state index contributed by atoms with van der Waals surface area (Å²) in [6, 6.07) is 6.96. The van der Waals surface area contributed by atoms with Gasteiger partial charge in [-0.2, -0.15) is 0 Å². The number of piperazine rings is 1. The van der Waals surface area contributed by atoms with Crippen LogP contribution in [0.5, 0.6) is 0 Å². The lowest BCUT2D eigenvalue weighted by Gasteiger charge is -2.38. The number of guanidine groups is 1. The van der Waals surface area contributed by atoms with Crippen LogP contribution in [0.3, 0.4) is 0 Å². The van der Waals surface area contributed by atoms with E-state index in [0.29, 0.717) is 11.6 Å². The lowest BCUT2D eigenvalue weighted by molar-refractivity contribution is 0.253. The van der Waals surface area contributed by atoms with E-state index in [1.165, 1.54) is 6.07 Å². The molecule has 1 aromatic carbocycles. The van der Waals surface area contributed by atoms with Crippen LogP contribution in [0, 0.1) is 11.7 Å². The normalized spacial score (nSPS) is 16.7. The topological polar surface area (TPSA) is 51.1 Å². The highest BCUT2D eigenvalue weighted by atomic mass is 19.1. The van der Waals surface area contributed by atoms with Gasteiger partial charge in [0, 0.05) is 45.9 Å².